The number of Topliss-reactive ketones (excluding diaryl/α,β-unsaturated/α-hetero) is 1. The van der Waals surface area contributed by atoms with Gasteiger partial charge in [-0.3, -0.25) is 4.79 Å². The zero-order valence-corrected chi connectivity index (χ0v) is 12.6. The molecule has 1 unspecified atom stereocenters. The van der Waals surface area contributed by atoms with E-state index in [1.807, 2.05) is 6.07 Å². The van der Waals surface area contributed by atoms with Crippen molar-refractivity contribution in [1.82, 2.24) is 5.32 Å². The van der Waals surface area contributed by atoms with Crippen LogP contribution in [0.4, 0.5) is 0 Å². The lowest BCUT2D eigenvalue weighted by Crippen LogP contribution is -2.30. The molecule has 0 amide bonds. The molecule has 0 bridgehead atoms. The Labute approximate surface area is 121 Å². The van der Waals surface area contributed by atoms with Crippen LogP contribution in [-0.4, -0.2) is 18.4 Å². The monoisotopic (exact) mass is 329 g/mol. The Morgan fingerprint density at radius 2 is 2.22 bits per heavy atom. The molecule has 1 aromatic rings. The molecule has 0 aliphatic carbocycles. The number of ketones is 1. The first-order valence-corrected chi connectivity index (χ1v) is 7.55. The van der Waals surface area contributed by atoms with Crippen molar-refractivity contribution in [2.75, 3.05) is 6.54 Å². The Morgan fingerprint density at radius 1 is 1.39 bits per heavy atom. The van der Waals surface area contributed by atoms with Crippen molar-refractivity contribution in [3.63, 3.8) is 0 Å². The predicted octanol–water partition coefficient (Wildman–Crippen LogP) is 4.21. The van der Waals surface area contributed by atoms with Gasteiger partial charge in [-0.2, -0.15) is 0 Å². The molecule has 1 atom stereocenters. The standard InChI is InChI=1S/C14H17BrClNO/c15-10-5-6-12(13(16)8-10)14(18)9-11-4-2-1-3-7-17-11/h5-6,8,11,17H,1-4,7,9H2. The van der Waals surface area contributed by atoms with Gasteiger partial charge in [-0.25, -0.2) is 0 Å². The van der Waals surface area contributed by atoms with Crippen LogP contribution in [-0.2, 0) is 0 Å². The Kier molecular flexibility index (Phi) is 5.22. The minimum atomic E-state index is 0.131. The largest absolute Gasteiger partial charge is 0.314 e. The van der Waals surface area contributed by atoms with Crippen molar-refractivity contribution >= 4 is 33.3 Å². The topological polar surface area (TPSA) is 29.1 Å². The van der Waals surface area contributed by atoms with E-state index in [4.69, 9.17) is 11.6 Å². The van der Waals surface area contributed by atoms with E-state index in [0.717, 1.165) is 17.4 Å². The zero-order valence-electron chi connectivity index (χ0n) is 10.2. The van der Waals surface area contributed by atoms with Gasteiger partial charge >= 0.3 is 0 Å². The maximum Gasteiger partial charge on any atom is 0.165 e. The van der Waals surface area contributed by atoms with E-state index < -0.39 is 0 Å². The summed E-state index contributed by atoms with van der Waals surface area (Å²) in [7, 11) is 0. The van der Waals surface area contributed by atoms with Crippen LogP contribution in [0.5, 0.6) is 0 Å². The lowest BCUT2D eigenvalue weighted by molar-refractivity contribution is 0.0968. The van der Waals surface area contributed by atoms with Gasteiger partial charge in [0.25, 0.3) is 0 Å². The highest BCUT2D eigenvalue weighted by Gasteiger charge is 2.18. The molecule has 0 saturated carbocycles. The quantitative estimate of drug-likeness (QED) is 0.841. The molecule has 18 heavy (non-hydrogen) atoms. The molecular formula is C14H17BrClNO. The Bertz CT molecular complexity index is 428. The smallest absolute Gasteiger partial charge is 0.165 e. The van der Waals surface area contributed by atoms with Crippen LogP contribution in [0.2, 0.25) is 5.02 Å². The number of nitrogens with one attached hydrogen (secondary N) is 1. The second kappa shape index (κ2) is 6.69. The summed E-state index contributed by atoms with van der Waals surface area (Å²) in [5.74, 6) is 0.131. The molecule has 2 rings (SSSR count). The van der Waals surface area contributed by atoms with E-state index >= 15 is 0 Å². The molecule has 1 saturated heterocycles. The van der Waals surface area contributed by atoms with Crippen LogP contribution in [0.3, 0.4) is 0 Å². The number of halogens is 2. The van der Waals surface area contributed by atoms with Crippen molar-refractivity contribution in [3.8, 4) is 0 Å². The summed E-state index contributed by atoms with van der Waals surface area (Å²) in [6.07, 6.45) is 5.31. The van der Waals surface area contributed by atoms with Gasteiger partial charge in [0.05, 0.1) is 5.02 Å². The molecule has 1 aliphatic rings. The molecule has 1 aromatic carbocycles. The third-order valence-corrected chi connectivity index (χ3v) is 4.13. The second-order valence-corrected chi connectivity index (χ2v) is 6.07. The van der Waals surface area contributed by atoms with E-state index in [2.05, 4.69) is 21.2 Å². The first-order chi connectivity index (χ1) is 8.66. The van der Waals surface area contributed by atoms with E-state index in [1.165, 1.54) is 19.3 Å². The number of hydrogen-bond acceptors (Lipinski definition) is 2. The van der Waals surface area contributed by atoms with E-state index in [1.54, 1.807) is 12.1 Å². The summed E-state index contributed by atoms with van der Waals surface area (Å²) in [5.41, 5.74) is 0.630. The van der Waals surface area contributed by atoms with Gasteiger partial charge in [0.2, 0.25) is 0 Å². The van der Waals surface area contributed by atoms with Crippen molar-refractivity contribution < 1.29 is 4.79 Å². The number of carbonyl (C=O) groups is 1. The fourth-order valence-corrected chi connectivity index (χ4v) is 3.10. The van der Waals surface area contributed by atoms with E-state index in [-0.39, 0.29) is 5.78 Å². The van der Waals surface area contributed by atoms with Gasteiger partial charge in [0, 0.05) is 22.5 Å². The highest BCUT2D eigenvalue weighted by atomic mass is 79.9. The van der Waals surface area contributed by atoms with Crippen LogP contribution in [0.1, 0.15) is 42.5 Å². The number of hydrogen-bond donors (Lipinski definition) is 1. The average molecular weight is 331 g/mol. The van der Waals surface area contributed by atoms with E-state index in [0.29, 0.717) is 23.0 Å². The van der Waals surface area contributed by atoms with Crippen molar-refractivity contribution in [3.05, 3.63) is 33.3 Å². The fraction of sp³-hybridized carbons (Fsp3) is 0.500. The zero-order chi connectivity index (χ0) is 13.0. The highest BCUT2D eigenvalue weighted by Crippen LogP contribution is 2.23. The van der Waals surface area contributed by atoms with Crippen molar-refractivity contribution in [2.45, 2.75) is 38.1 Å². The number of carbonyl (C=O) groups excluding carboxylic acids is 1. The summed E-state index contributed by atoms with van der Waals surface area (Å²) >= 11 is 9.45. The molecule has 1 N–H and O–H groups in total. The molecule has 1 heterocycles. The van der Waals surface area contributed by atoms with Crippen LogP contribution in [0.25, 0.3) is 0 Å². The highest BCUT2D eigenvalue weighted by molar-refractivity contribution is 9.10. The summed E-state index contributed by atoms with van der Waals surface area (Å²) in [6, 6.07) is 5.74. The van der Waals surface area contributed by atoms with Crippen LogP contribution in [0, 0.1) is 0 Å². The second-order valence-electron chi connectivity index (χ2n) is 4.75. The fourth-order valence-electron chi connectivity index (χ4n) is 2.32. The van der Waals surface area contributed by atoms with Crippen LogP contribution in [0.15, 0.2) is 22.7 Å². The minimum absolute atomic E-state index is 0.131. The third kappa shape index (κ3) is 3.81. The molecule has 0 aromatic heterocycles. The SMILES string of the molecule is O=C(CC1CCCCCN1)c1ccc(Br)cc1Cl. The summed E-state index contributed by atoms with van der Waals surface area (Å²) in [5, 5.41) is 3.97. The molecular weight excluding hydrogens is 314 g/mol. The van der Waals surface area contributed by atoms with E-state index in [9.17, 15) is 4.79 Å². The predicted molar refractivity (Wildman–Crippen MR) is 78.4 cm³/mol. The molecule has 4 heteroatoms. The molecule has 2 nitrogen and oxygen atoms in total. The number of benzene rings is 1. The molecule has 0 spiro atoms. The Morgan fingerprint density at radius 3 is 3.00 bits per heavy atom. The van der Waals surface area contributed by atoms with Crippen molar-refractivity contribution in [1.29, 1.82) is 0 Å². The molecule has 98 valence electrons. The lowest BCUT2D eigenvalue weighted by Gasteiger charge is -2.15. The summed E-state index contributed by atoms with van der Waals surface area (Å²) in [4.78, 5) is 12.2. The first-order valence-electron chi connectivity index (χ1n) is 6.38. The van der Waals surface area contributed by atoms with Gasteiger partial charge in [0.1, 0.15) is 0 Å². The number of rotatable bonds is 3. The average Bonchev–Trinajstić information content (AvgIpc) is 2.57. The van der Waals surface area contributed by atoms with Gasteiger partial charge < -0.3 is 5.32 Å². The molecule has 1 fully saturated rings. The summed E-state index contributed by atoms with van der Waals surface area (Å²) in [6.45, 7) is 1.02. The van der Waals surface area contributed by atoms with Crippen molar-refractivity contribution in [2.24, 2.45) is 0 Å². The van der Waals surface area contributed by atoms with Gasteiger partial charge in [-0.15, -0.1) is 0 Å². The van der Waals surface area contributed by atoms with Crippen LogP contribution < -0.4 is 5.32 Å². The van der Waals surface area contributed by atoms with Gasteiger partial charge in [-0.05, 0) is 37.6 Å². The van der Waals surface area contributed by atoms with Gasteiger partial charge in [0.15, 0.2) is 5.78 Å². The minimum Gasteiger partial charge on any atom is -0.314 e. The lowest BCUT2D eigenvalue weighted by atomic mass is 10.0. The molecule has 0 radical (unpaired) electrons. The Hall–Kier alpha value is -0.380. The first kappa shape index (κ1) is 14.0. The summed E-state index contributed by atoms with van der Waals surface area (Å²) < 4.78 is 0.900. The Balaban J connectivity index is 2.02. The molecule has 1 aliphatic heterocycles. The van der Waals surface area contributed by atoms with Gasteiger partial charge in [-0.1, -0.05) is 40.4 Å². The normalized spacial score (nSPS) is 20.4. The maximum atomic E-state index is 12.2. The van der Waals surface area contributed by atoms with Crippen LogP contribution >= 0.6 is 27.5 Å². The third-order valence-electron chi connectivity index (χ3n) is 3.33. The maximum absolute atomic E-state index is 12.2.